The zero-order chi connectivity index (χ0) is 110. The van der Waals surface area contributed by atoms with Crippen molar-refractivity contribution >= 4 is 59.7 Å². The number of rotatable bonds is 35. The van der Waals surface area contributed by atoms with Crippen molar-refractivity contribution in [3.63, 3.8) is 0 Å². The number of aliphatic hydroxyl groups is 4. The van der Waals surface area contributed by atoms with Crippen LogP contribution in [0.15, 0.2) is 225 Å². The van der Waals surface area contributed by atoms with Crippen LogP contribution < -0.4 is 0 Å². The van der Waals surface area contributed by atoms with Crippen molar-refractivity contribution in [2.45, 2.75) is 251 Å². The summed E-state index contributed by atoms with van der Waals surface area (Å²) in [6.07, 6.45) is -25.2. The zero-order valence-corrected chi connectivity index (χ0v) is 80.1. The maximum absolute atomic E-state index is 12.9. The highest BCUT2D eigenvalue weighted by molar-refractivity contribution is 5.99. The van der Waals surface area contributed by atoms with E-state index >= 15 is 0 Å². The molecule has 4 heterocycles. The summed E-state index contributed by atoms with van der Waals surface area (Å²) in [6, 6.07) is 26.9. The smallest absolute Gasteiger partial charge is 0.450 e. The minimum absolute atomic E-state index is 0. The fourth-order valence-electron chi connectivity index (χ4n) is 11.8. The molecule has 0 spiro atoms. The Labute approximate surface area is 823 Å². The highest BCUT2D eigenvalue weighted by Crippen LogP contribution is 2.38. The summed E-state index contributed by atoms with van der Waals surface area (Å²) < 4.78 is 290. The molecule has 6 amide bonds. The number of hydrogen-bond acceptors (Lipinski definition) is 21. The van der Waals surface area contributed by atoms with Crippen LogP contribution in [0.2, 0.25) is 0 Å². The number of hydrogen-bond donors (Lipinski definition) is 4. The van der Waals surface area contributed by atoms with Gasteiger partial charge in [-0.25, -0.2) is 33.9 Å². The molecule has 45 heteroatoms. The quantitative estimate of drug-likeness (QED) is 0.0106. The summed E-state index contributed by atoms with van der Waals surface area (Å²) in [7, 11) is 0. The molecule has 4 aliphatic heterocycles. The number of ether oxygens (including phenoxy) is 7. The summed E-state index contributed by atoms with van der Waals surface area (Å²) in [5.74, 6) is -7.77. The molecule has 4 N–H and O–H groups in total. The lowest BCUT2D eigenvalue weighted by atomic mass is 9.95. The number of carbonyl (C=O) groups is 10. The van der Waals surface area contributed by atoms with Gasteiger partial charge in [0.05, 0.1) is 57.1 Å². The third kappa shape index (κ3) is 57.5. The van der Waals surface area contributed by atoms with Crippen molar-refractivity contribution in [3.8, 4) is 0 Å². The molecule has 3 aromatic rings. The van der Waals surface area contributed by atoms with E-state index in [0.717, 1.165) is 75.6 Å². The number of benzene rings is 3. The van der Waals surface area contributed by atoms with Crippen molar-refractivity contribution in [2.75, 3.05) is 59.5 Å². The second kappa shape index (κ2) is 71.5. The summed E-state index contributed by atoms with van der Waals surface area (Å²) in [5, 5.41) is 35.1. The van der Waals surface area contributed by atoms with Crippen molar-refractivity contribution in [1.29, 1.82) is 0 Å². The fourth-order valence-corrected chi connectivity index (χ4v) is 11.8. The average Bonchev–Trinajstić information content (AvgIpc) is 1.81. The first kappa shape index (κ1) is 138. The van der Waals surface area contributed by atoms with E-state index in [4.69, 9.17) is 29.2 Å². The highest BCUT2D eigenvalue weighted by Gasteiger charge is 2.54. The van der Waals surface area contributed by atoms with Crippen molar-refractivity contribution in [1.82, 2.24) is 14.7 Å². The normalized spacial score (nSPS) is 16.7. The maximum Gasteiger partial charge on any atom is 0.450 e. The van der Waals surface area contributed by atoms with Gasteiger partial charge < -0.3 is 53.6 Å². The Morgan fingerprint density at radius 2 is 0.806 bits per heavy atom. The molecule has 812 valence electrons. The summed E-state index contributed by atoms with van der Waals surface area (Å²) in [4.78, 5) is 117. The Balaban J connectivity index is -0.000000784. The predicted molar refractivity (Wildman–Crippen MR) is 493 cm³/mol. The second-order valence-electron chi connectivity index (χ2n) is 30.1. The third-order valence-corrected chi connectivity index (χ3v) is 18.7. The van der Waals surface area contributed by atoms with Gasteiger partial charge in [0.2, 0.25) is 17.6 Å². The minimum atomic E-state index is -4.95. The molecule has 0 saturated carbocycles. The number of esters is 3. The Morgan fingerprint density at radius 3 is 1.11 bits per heavy atom. The van der Waals surface area contributed by atoms with Gasteiger partial charge in [0.15, 0.2) is 5.60 Å². The molecule has 0 aliphatic carbocycles. The van der Waals surface area contributed by atoms with Crippen LogP contribution in [0.5, 0.6) is 0 Å². The molecule has 144 heavy (non-hydrogen) atoms. The van der Waals surface area contributed by atoms with Gasteiger partial charge in [0.25, 0.3) is 5.91 Å². The summed E-state index contributed by atoms with van der Waals surface area (Å²) in [6.45, 7) is 33.4. The molecule has 7 rings (SSSR count). The molecule has 2 unspecified atom stereocenters. The van der Waals surface area contributed by atoms with E-state index in [-0.39, 0.29) is 84.7 Å². The number of amides is 6. The number of imide groups is 3. The number of ketones is 1. The third-order valence-electron chi connectivity index (χ3n) is 18.7. The van der Waals surface area contributed by atoms with Crippen molar-refractivity contribution in [2.24, 2.45) is 5.92 Å². The molecule has 0 bridgehead atoms. The molecule has 0 aromatic heterocycles. The number of carbonyl (C=O) groups excluding carboxylic acids is 10. The van der Waals surface area contributed by atoms with E-state index in [9.17, 15) is 150 Å². The van der Waals surface area contributed by atoms with Crippen molar-refractivity contribution < 1.29 is 194 Å². The van der Waals surface area contributed by atoms with Gasteiger partial charge in [0, 0.05) is 72.3 Å². The first-order chi connectivity index (χ1) is 66.6. The Kier molecular flexibility index (Phi) is 68.7. The molecular weight excluding hydrogens is 1970 g/mol. The van der Waals surface area contributed by atoms with Gasteiger partial charge in [-0.3, -0.25) is 28.8 Å². The monoisotopic (exact) mass is 2090 g/mol. The molecule has 0 radical (unpaired) electrons. The number of alkyl halides is 21. The summed E-state index contributed by atoms with van der Waals surface area (Å²) in [5.41, 5.74) is -4.05. The first-order valence-electron chi connectivity index (χ1n) is 44.1. The van der Waals surface area contributed by atoms with E-state index in [1.165, 1.54) is 63.7 Å². The molecule has 4 saturated heterocycles. The topological polar surface area (TPSA) is 326 Å². The van der Waals surface area contributed by atoms with Crippen LogP contribution in [0.25, 0.3) is 0 Å². The highest BCUT2D eigenvalue weighted by atomic mass is 19.4. The standard InChI is InChI=1S/C20H22F3NO3.C19H20F3NO4.C13H15NO3.C9H13F3O3.C9H11F3O2.C8H11F3.C7H9F3O.C6H7F3O3.C5H10O.C2H6O.CH4/c1-3-7-16(20(21,22)23)11-10-14(2)18(25)24-17(13-27-19(24)26)12-15-8-5-4-6-9-15;1-2-6-14(19(20,21)22)9-10-16(24)17(25)23-15(12-27-18(23)26)11-13-7-4-3-5-8-13;1-2-12(15)14-11(9-17-13(14)16)8-10-6-4-3-5-7-10;1-3-5-8(14,9(10,11)12)6-7(13)15-4-2;1-3-5-7(9(10,11)12)6-8(13)14-4-2;1-3-5-7(6-4-2)8(9,10)11;1-2-3-6(4-5-11)7(8,9)10;1-2-12-5(11)3-4(10)6(7,8)9;1-5-3-2-4-6-5;1-2-3;/h3-6,8-9,11,14,17H,1,7,10,12-13H2,2H3;2-5,7-9,15-16,24H,1,6,10-12H2;3-7,11H,2,8-9H2,1H3;3,14H,1,4-6H2,2H3;3,6H,1,4-5H2,2H3;3,6H,1,4-5H2,2H3;2,4,11H,1,3,5H2;2-3H2,1H3;5H,2-4H2,1H3;3H,2H2,1H3;1H4/b16-11+;14-9+;;;2*7-6+;6-4+;;;;/t14-,17+;15-,16+;11-;;;;;;;;/m011......../s1. The molecule has 3 aromatic carbocycles. The van der Waals surface area contributed by atoms with Crippen LogP contribution in [0.4, 0.5) is 107 Å². The van der Waals surface area contributed by atoms with Crippen LogP contribution in [-0.2, 0) is 86.0 Å². The number of halogens is 21. The Bertz CT molecular complexity index is 4380. The number of cyclic esters (lactones) is 3. The number of Topliss-reactive ketones (excluding diaryl/α,β-unsaturated/α-hetero) is 1. The Morgan fingerprint density at radius 1 is 0.465 bits per heavy atom. The van der Waals surface area contributed by atoms with Crippen LogP contribution in [-0.4, -0.2) is 233 Å². The van der Waals surface area contributed by atoms with Crippen LogP contribution in [0.3, 0.4) is 0 Å². The predicted octanol–water partition coefficient (Wildman–Crippen LogP) is 22.9. The van der Waals surface area contributed by atoms with Crippen LogP contribution in [0.1, 0.15) is 169 Å². The van der Waals surface area contributed by atoms with Gasteiger partial charge in [-0.05, 0) is 128 Å². The van der Waals surface area contributed by atoms with E-state index in [0.29, 0.717) is 50.9 Å². The molecular formula is C99H128F21N3O21. The van der Waals surface area contributed by atoms with E-state index in [2.05, 4.69) is 60.6 Å². The summed E-state index contributed by atoms with van der Waals surface area (Å²) >= 11 is 0. The average molecular weight is 2100 g/mol. The van der Waals surface area contributed by atoms with Gasteiger partial charge in [-0.15, -0.1) is 39.5 Å². The van der Waals surface area contributed by atoms with E-state index in [1.807, 2.05) is 78.9 Å². The van der Waals surface area contributed by atoms with Gasteiger partial charge in [0.1, 0.15) is 32.3 Å². The van der Waals surface area contributed by atoms with Gasteiger partial charge in [-0.1, -0.05) is 180 Å². The largest absolute Gasteiger partial charge is 0.466 e. The Hall–Kier alpha value is -12.0. The van der Waals surface area contributed by atoms with Gasteiger partial charge in [-0.2, -0.15) is 92.2 Å². The van der Waals surface area contributed by atoms with Crippen LogP contribution >= 0.6 is 0 Å². The number of nitrogens with zero attached hydrogens (tertiary/aromatic N) is 3. The molecule has 4 aliphatic rings. The van der Waals surface area contributed by atoms with E-state index in [1.54, 1.807) is 32.9 Å². The van der Waals surface area contributed by atoms with Crippen molar-refractivity contribution in [3.05, 3.63) is 242 Å². The minimum Gasteiger partial charge on any atom is -0.466 e. The lowest BCUT2D eigenvalue weighted by molar-refractivity contribution is -0.261. The zero-order valence-electron chi connectivity index (χ0n) is 80.1. The van der Waals surface area contributed by atoms with E-state index < -0.39 is 200 Å². The lowest BCUT2D eigenvalue weighted by Gasteiger charge is -2.28. The molecule has 4 fully saturated rings. The number of aliphatic hydroxyl groups excluding tert-OH is 3. The lowest BCUT2D eigenvalue weighted by Crippen LogP contribution is -2.46. The van der Waals surface area contributed by atoms with Crippen LogP contribution in [0, 0.1) is 5.92 Å². The first-order valence-corrected chi connectivity index (χ1v) is 44.1. The second-order valence-corrected chi connectivity index (χ2v) is 30.1. The maximum atomic E-state index is 12.9. The van der Waals surface area contributed by atoms with Gasteiger partial charge >= 0.3 is 79.4 Å². The fraction of sp³-hybridized carbons (Fsp3) is 0.495. The SMILES string of the molecule is C.C=CC/C(=C\C(=O)OCC)C(F)(F)F.C=CC/C(=C\CC)C(F)(F)F.C=CC/C(=C\CO)C(F)(F)F.C=CC/C(=C\C[C@H](C)C(=O)N1C(=O)OC[C@H]1Cc1ccccc1)C(F)(F)F.C=CC/C(=C\C[C@H](O)C(=O)N1C(=O)OC[C@H]1Cc1ccccc1)C(F)(F)F.C=CCC(O)(CC(=O)OCC)C(F)(F)F.CC1CCCO1.CCC(=O)N1C(=O)OC[C@H]1Cc1ccccc1.CCO.CCOC(=O)CC(=O)C(F)(F)F. The molecule has 24 nitrogen and oxygen atoms in total. The molecule has 7 atom stereocenters. The number of allylic oxidation sites excluding steroid dienone is 12.